The summed E-state index contributed by atoms with van der Waals surface area (Å²) in [5.74, 6) is -0.771. The van der Waals surface area contributed by atoms with Gasteiger partial charge in [-0.05, 0) is 12.1 Å². The molecule has 1 heterocycles. The van der Waals surface area contributed by atoms with Gasteiger partial charge in [-0.1, -0.05) is 0 Å². The van der Waals surface area contributed by atoms with E-state index in [-0.39, 0.29) is 11.3 Å². The van der Waals surface area contributed by atoms with E-state index in [1.54, 1.807) is 6.07 Å². The van der Waals surface area contributed by atoms with Crippen LogP contribution in [0.2, 0.25) is 0 Å². The highest BCUT2D eigenvalue weighted by Crippen LogP contribution is 2.20. The maximum atomic E-state index is 12.1. The smallest absolute Gasteiger partial charge is 0.382 e. The Balaban J connectivity index is 2.74. The van der Waals surface area contributed by atoms with Gasteiger partial charge in [0.1, 0.15) is 11.8 Å². The summed E-state index contributed by atoms with van der Waals surface area (Å²) in [4.78, 5) is 16.1. The minimum Gasteiger partial charge on any atom is -0.382 e. The summed E-state index contributed by atoms with van der Waals surface area (Å²) in [6, 6.07) is 4.36. The summed E-state index contributed by atoms with van der Waals surface area (Å²) < 4.78 is 36.4. The zero-order valence-corrected chi connectivity index (χ0v) is 9.85. The van der Waals surface area contributed by atoms with Crippen molar-refractivity contribution in [2.45, 2.75) is 12.3 Å². The first-order valence-corrected chi connectivity index (χ1v) is 5.12. The Kier molecular flexibility index (Phi) is 4.45. The monoisotopic (exact) mass is 273 g/mol. The van der Waals surface area contributed by atoms with Crippen molar-refractivity contribution >= 4 is 5.91 Å². The number of hydrogen-bond donors (Lipinski definition) is 1. The molecule has 0 aliphatic carbocycles. The lowest BCUT2D eigenvalue weighted by Crippen LogP contribution is -2.42. The summed E-state index contributed by atoms with van der Waals surface area (Å²) in [5.41, 5.74) is 0.130. The summed E-state index contributed by atoms with van der Waals surface area (Å²) in [7, 11) is 1.12. The van der Waals surface area contributed by atoms with Gasteiger partial charge in [0.25, 0.3) is 5.91 Å². The van der Waals surface area contributed by atoms with Gasteiger partial charge in [-0.25, -0.2) is 4.98 Å². The molecule has 0 aromatic carbocycles. The Hall–Kier alpha value is -2.14. The van der Waals surface area contributed by atoms with E-state index >= 15 is 0 Å². The number of amides is 1. The van der Waals surface area contributed by atoms with E-state index in [4.69, 9.17) is 10.4 Å². The molecule has 0 aliphatic rings. The molecule has 0 saturated heterocycles. The molecule has 1 aromatic heterocycles. The van der Waals surface area contributed by atoms with Crippen molar-refractivity contribution in [2.24, 2.45) is 0 Å². The van der Waals surface area contributed by atoms with Gasteiger partial charge in [0.15, 0.2) is 6.10 Å². The predicted octanol–water partition coefficient (Wildman–Crippen LogP) is 0.948. The van der Waals surface area contributed by atoms with Crippen molar-refractivity contribution in [1.29, 1.82) is 5.26 Å². The lowest BCUT2D eigenvalue weighted by Gasteiger charge is -2.22. The molecular weight excluding hydrogens is 263 g/mol. The second-order valence-electron chi connectivity index (χ2n) is 3.79. The van der Waals surface area contributed by atoms with E-state index in [9.17, 15) is 18.0 Å². The molecular formula is C11H10F3N3O2. The molecule has 0 aliphatic heterocycles. The van der Waals surface area contributed by atoms with Crippen LogP contribution in [0, 0.1) is 11.3 Å². The SMILES string of the molecule is CN(C[C@@H](O)C(F)(F)F)C(=O)c1ccc(C#N)cn1. The molecule has 19 heavy (non-hydrogen) atoms. The van der Waals surface area contributed by atoms with E-state index < -0.39 is 24.7 Å². The Bertz CT molecular complexity index is 493. The summed E-state index contributed by atoms with van der Waals surface area (Å²) in [5, 5.41) is 17.4. The average molecular weight is 273 g/mol. The first kappa shape index (κ1) is 14.9. The molecule has 1 amide bonds. The Morgan fingerprint density at radius 2 is 2.21 bits per heavy atom. The van der Waals surface area contributed by atoms with Gasteiger partial charge >= 0.3 is 6.18 Å². The summed E-state index contributed by atoms with van der Waals surface area (Å²) in [6.07, 6.45) is -6.26. The number of aromatic nitrogens is 1. The number of carbonyl (C=O) groups excluding carboxylic acids is 1. The van der Waals surface area contributed by atoms with Gasteiger partial charge in [-0.2, -0.15) is 18.4 Å². The number of nitriles is 1. The van der Waals surface area contributed by atoms with E-state index in [0.717, 1.165) is 13.2 Å². The van der Waals surface area contributed by atoms with Gasteiger partial charge in [0.05, 0.1) is 12.1 Å². The lowest BCUT2D eigenvalue weighted by molar-refractivity contribution is -0.205. The fourth-order valence-corrected chi connectivity index (χ4v) is 1.23. The fraction of sp³-hybridized carbons (Fsp3) is 0.364. The largest absolute Gasteiger partial charge is 0.416 e. The van der Waals surface area contributed by atoms with Gasteiger partial charge in [0, 0.05) is 13.2 Å². The van der Waals surface area contributed by atoms with Crippen LogP contribution in [-0.4, -0.2) is 46.8 Å². The third kappa shape index (κ3) is 3.93. The minimum atomic E-state index is -4.79. The normalized spacial score (nSPS) is 12.6. The number of rotatable bonds is 3. The van der Waals surface area contributed by atoms with E-state index in [0.29, 0.717) is 4.90 Å². The Morgan fingerprint density at radius 1 is 1.58 bits per heavy atom. The predicted molar refractivity (Wildman–Crippen MR) is 58.0 cm³/mol. The van der Waals surface area contributed by atoms with Crippen molar-refractivity contribution < 1.29 is 23.1 Å². The van der Waals surface area contributed by atoms with Crippen LogP contribution in [0.25, 0.3) is 0 Å². The first-order valence-electron chi connectivity index (χ1n) is 5.12. The van der Waals surface area contributed by atoms with Crippen LogP contribution in [0.4, 0.5) is 13.2 Å². The molecule has 5 nitrogen and oxygen atoms in total. The van der Waals surface area contributed by atoms with Crippen LogP contribution in [0.3, 0.4) is 0 Å². The number of hydrogen-bond acceptors (Lipinski definition) is 4. The van der Waals surface area contributed by atoms with Crippen LogP contribution in [-0.2, 0) is 0 Å². The standard InChI is InChI=1S/C11H10F3N3O2/c1-17(6-9(18)11(12,13)14)10(19)8-3-2-7(4-15)5-16-8/h2-3,5,9,18H,6H2,1H3/t9-/m1/s1. The quantitative estimate of drug-likeness (QED) is 0.889. The molecule has 1 N–H and O–H groups in total. The molecule has 1 rings (SSSR count). The number of aliphatic hydroxyl groups excluding tert-OH is 1. The van der Waals surface area contributed by atoms with Crippen molar-refractivity contribution in [3.05, 3.63) is 29.6 Å². The minimum absolute atomic E-state index is 0.101. The van der Waals surface area contributed by atoms with E-state index in [2.05, 4.69) is 4.98 Å². The molecule has 1 aromatic rings. The molecule has 0 fully saturated rings. The van der Waals surface area contributed by atoms with Crippen molar-refractivity contribution in [3.63, 3.8) is 0 Å². The second kappa shape index (κ2) is 5.67. The number of likely N-dealkylation sites (N-methyl/N-ethyl adjacent to an activating group) is 1. The average Bonchev–Trinajstić information content (AvgIpc) is 2.36. The Labute approximate surface area is 106 Å². The van der Waals surface area contributed by atoms with Crippen LogP contribution in [0.5, 0.6) is 0 Å². The number of alkyl halides is 3. The fourth-order valence-electron chi connectivity index (χ4n) is 1.23. The van der Waals surface area contributed by atoms with Gasteiger partial charge in [-0.15, -0.1) is 0 Å². The second-order valence-corrected chi connectivity index (χ2v) is 3.79. The number of carbonyl (C=O) groups is 1. The highest BCUT2D eigenvalue weighted by atomic mass is 19.4. The number of nitrogens with zero attached hydrogens (tertiary/aromatic N) is 3. The van der Waals surface area contributed by atoms with Crippen molar-refractivity contribution in [1.82, 2.24) is 9.88 Å². The number of aliphatic hydroxyl groups is 1. The molecule has 8 heteroatoms. The van der Waals surface area contributed by atoms with Crippen LogP contribution in [0.1, 0.15) is 16.1 Å². The topological polar surface area (TPSA) is 77.2 Å². The highest BCUT2D eigenvalue weighted by Gasteiger charge is 2.39. The molecule has 0 saturated carbocycles. The van der Waals surface area contributed by atoms with Crippen LogP contribution < -0.4 is 0 Å². The van der Waals surface area contributed by atoms with E-state index in [1.807, 2.05) is 0 Å². The molecule has 1 atom stereocenters. The van der Waals surface area contributed by atoms with Crippen LogP contribution in [0.15, 0.2) is 18.3 Å². The Morgan fingerprint density at radius 3 is 2.63 bits per heavy atom. The first-order chi connectivity index (χ1) is 8.75. The number of halogens is 3. The molecule has 0 bridgehead atoms. The molecule has 102 valence electrons. The zero-order valence-electron chi connectivity index (χ0n) is 9.85. The third-order valence-electron chi connectivity index (χ3n) is 2.28. The molecule has 0 radical (unpaired) electrons. The van der Waals surface area contributed by atoms with Gasteiger partial charge < -0.3 is 10.0 Å². The van der Waals surface area contributed by atoms with Crippen molar-refractivity contribution in [3.8, 4) is 6.07 Å². The maximum absolute atomic E-state index is 12.1. The van der Waals surface area contributed by atoms with Gasteiger partial charge in [-0.3, -0.25) is 4.79 Å². The van der Waals surface area contributed by atoms with Crippen LogP contribution >= 0.6 is 0 Å². The van der Waals surface area contributed by atoms with Crippen molar-refractivity contribution in [2.75, 3.05) is 13.6 Å². The summed E-state index contributed by atoms with van der Waals surface area (Å²) >= 11 is 0. The van der Waals surface area contributed by atoms with Gasteiger partial charge in [0.2, 0.25) is 0 Å². The third-order valence-corrected chi connectivity index (χ3v) is 2.28. The molecule has 0 spiro atoms. The molecule has 0 unspecified atom stereocenters. The van der Waals surface area contributed by atoms with E-state index in [1.165, 1.54) is 12.1 Å². The highest BCUT2D eigenvalue weighted by molar-refractivity contribution is 5.92. The number of pyridine rings is 1. The maximum Gasteiger partial charge on any atom is 0.416 e. The zero-order chi connectivity index (χ0) is 14.6. The summed E-state index contributed by atoms with van der Waals surface area (Å²) in [6.45, 7) is -0.885. The lowest BCUT2D eigenvalue weighted by atomic mass is 10.2.